The van der Waals surface area contributed by atoms with Gasteiger partial charge in [0.05, 0.1) is 0 Å². The molecule has 0 amide bonds. The predicted molar refractivity (Wildman–Crippen MR) is 79.6 cm³/mol. The Balaban J connectivity index is 2.05. The first-order chi connectivity index (χ1) is 10.0. The number of hydrogen-bond donors (Lipinski definition) is 2. The lowest BCUT2D eigenvalue weighted by Crippen LogP contribution is -2.26. The molecule has 2 aromatic rings. The van der Waals surface area contributed by atoms with Crippen molar-refractivity contribution in [3.8, 4) is 0 Å². The minimum atomic E-state index is -3.85. The van der Waals surface area contributed by atoms with Crippen LogP contribution in [0.1, 0.15) is 11.1 Å². The van der Waals surface area contributed by atoms with Crippen LogP contribution < -0.4 is 10.5 Å². The molecule has 21 heavy (non-hydrogen) atoms. The molecule has 0 fully saturated rings. The summed E-state index contributed by atoms with van der Waals surface area (Å²) in [6.45, 7) is 0.378. The Morgan fingerprint density at radius 1 is 1.05 bits per heavy atom. The zero-order valence-corrected chi connectivity index (χ0v) is 12.2. The fraction of sp³-hybridized carbons (Fsp3) is 0.200. The molecule has 0 aliphatic rings. The van der Waals surface area contributed by atoms with E-state index in [9.17, 15) is 12.8 Å². The lowest BCUT2D eigenvalue weighted by atomic mass is 10.2. The standard InChI is InChI=1S/C15H17FN2O2S/c16-14-10-13(11-17)6-7-15(14)21(19,20)18-9-8-12-4-2-1-3-5-12/h1-7,10,18H,8-9,11,17H2. The van der Waals surface area contributed by atoms with Gasteiger partial charge in [-0.2, -0.15) is 0 Å². The summed E-state index contributed by atoms with van der Waals surface area (Å²) in [5.41, 5.74) is 6.96. The summed E-state index contributed by atoms with van der Waals surface area (Å²) in [6, 6.07) is 13.4. The van der Waals surface area contributed by atoms with Crippen LogP contribution in [-0.2, 0) is 23.0 Å². The zero-order valence-electron chi connectivity index (χ0n) is 11.4. The fourth-order valence-corrected chi connectivity index (χ4v) is 3.03. The molecular formula is C15H17FN2O2S. The summed E-state index contributed by atoms with van der Waals surface area (Å²) in [5.74, 6) is -0.787. The van der Waals surface area contributed by atoms with Crippen LogP contribution in [0.2, 0.25) is 0 Å². The summed E-state index contributed by atoms with van der Waals surface area (Å²) in [7, 11) is -3.85. The van der Waals surface area contributed by atoms with Crippen molar-refractivity contribution < 1.29 is 12.8 Å². The smallest absolute Gasteiger partial charge is 0.243 e. The molecule has 0 aliphatic carbocycles. The molecule has 0 saturated carbocycles. The summed E-state index contributed by atoms with van der Waals surface area (Å²) in [5, 5.41) is 0. The minimum absolute atomic E-state index is 0.165. The summed E-state index contributed by atoms with van der Waals surface area (Å²) >= 11 is 0. The van der Waals surface area contributed by atoms with Crippen molar-refractivity contribution in [1.29, 1.82) is 0 Å². The lowest BCUT2D eigenvalue weighted by Gasteiger charge is -2.08. The molecule has 0 aromatic heterocycles. The Morgan fingerprint density at radius 2 is 1.76 bits per heavy atom. The average Bonchev–Trinajstić information content (AvgIpc) is 2.47. The first kappa shape index (κ1) is 15.6. The molecule has 0 aliphatic heterocycles. The van der Waals surface area contributed by atoms with Crippen molar-refractivity contribution in [3.05, 3.63) is 65.5 Å². The molecule has 0 unspecified atom stereocenters. The van der Waals surface area contributed by atoms with Gasteiger partial charge in [0.15, 0.2) is 0 Å². The molecule has 0 radical (unpaired) electrons. The molecule has 4 nitrogen and oxygen atoms in total. The number of nitrogens with two attached hydrogens (primary N) is 1. The largest absolute Gasteiger partial charge is 0.326 e. The van der Waals surface area contributed by atoms with Crippen LogP contribution in [0.25, 0.3) is 0 Å². The number of rotatable bonds is 6. The highest BCUT2D eigenvalue weighted by Gasteiger charge is 2.18. The number of benzene rings is 2. The van der Waals surface area contributed by atoms with Crippen LogP contribution >= 0.6 is 0 Å². The SMILES string of the molecule is NCc1ccc(S(=O)(=O)NCCc2ccccc2)c(F)c1. The Labute approximate surface area is 123 Å². The maximum atomic E-state index is 13.8. The van der Waals surface area contributed by atoms with Gasteiger partial charge in [0, 0.05) is 13.1 Å². The second-order valence-electron chi connectivity index (χ2n) is 4.60. The Bertz CT molecular complexity index is 703. The van der Waals surface area contributed by atoms with Crippen molar-refractivity contribution in [2.45, 2.75) is 17.9 Å². The van der Waals surface area contributed by atoms with Crippen LogP contribution in [0.4, 0.5) is 4.39 Å². The monoisotopic (exact) mass is 308 g/mol. The maximum absolute atomic E-state index is 13.8. The van der Waals surface area contributed by atoms with Gasteiger partial charge in [-0.1, -0.05) is 36.4 Å². The first-order valence-electron chi connectivity index (χ1n) is 6.55. The molecule has 0 heterocycles. The molecular weight excluding hydrogens is 291 g/mol. The Hall–Kier alpha value is -1.76. The topological polar surface area (TPSA) is 72.2 Å². The van der Waals surface area contributed by atoms with Crippen molar-refractivity contribution in [1.82, 2.24) is 4.72 Å². The van der Waals surface area contributed by atoms with Gasteiger partial charge >= 0.3 is 0 Å². The molecule has 112 valence electrons. The number of halogens is 1. The zero-order chi connectivity index (χ0) is 15.3. The van der Waals surface area contributed by atoms with Crippen LogP contribution in [0.5, 0.6) is 0 Å². The molecule has 0 bridgehead atoms. The van der Waals surface area contributed by atoms with Crippen LogP contribution in [0, 0.1) is 5.82 Å². The van der Waals surface area contributed by atoms with Gasteiger partial charge in [-0.15, -0.1) is 0 Å². The molecule has 2 aromatic carbocycles. The van der Waals surface area contributed by atoms with Gasteiger partial charge in [0.1, 0.15) is 10.7 Å². The third-order valence-corrected chi connectivity index (χ3v) is 4.56. The third-order valence-electron chi connectivity index (χ3n) is 3.07. The maximum Gasteiger partial charge on any atom is 0.243 e. The normalized spacial score (nSPS) is 11.5. The predicted octanol–water partition coefficient (Wildman–Crippen LogP) is 1.81. The molecule has 6 heteroatoms. The molecule has 0 saturated heterocycles. The summed E-state index contributed by atoms with van der Waals surface area (Å²) in [6.07, 6.45) is 0.544. The van der Waals surface area contributed by atoms with E-state index in [1.807, 2.05) is 30.3 Å². The van der Waals surface area contributed by atoms with E-state index in [2.05, 4.69) is 4.72 Å². The Kier molecular flexibility index (Phi) is 5.06. The van der Waals surface area contributed by atoms with Gasteiger partial charge in [0.25, 0.3) is 0 Å². The quantitative estimate of drug-likeness (QED) is 0.855. The van der Waals surface area contributed by atoms with Crippen molar-refractivity contribution in [2.75, 3.05) is 6.54 Å². The molecule has 3 N–H and O–H groups in total. The second kappa shape index (κ2) is 6.80. The lowest BCUT2D eigenvalue weighted by molar-refractivity contribution is 0.556. The number of sulfonamides is 1. The van der Waals surface area contributed by atoms with Gasteiger partial charge in [-0.25, -0.2) is 17.5 Å². The van der Waals surface area contributed by atoms with Gasteiger partial charge in [0.2, 0.25) is 10.0 Å². The summed E-state index contributed by atoms with van der Waals surface area (Å²) in [4.78, 5) is -0.354. The first-order valence-corrected chi connectivity index (χ1v) is 8.03. The van der Waals surface area contributed by atoms with E-state index in [1.165, 1.54) is 12.1 Å². The van der Waals surface area contributed by atoms with Crippen molar-refractivity contribution in [2.24, 2.45) is 5.73 Å². The second-order valence-corrected chi connectivity index (χ2v) is 6.34. The number of nitrogens with one attached hydrogen (secondary N) is 1. The van der Waals surface area contributed by atoms with Gasteiger partial charge < -0.3 is 5.73 Å². The van der Waals surface area contributed by atoms with E-state index in [1.54, 1.807) is 0 Å². The van der Waals surface area contributed by atoms with Gasteiger partial charge in [-0.05, 0) is 29.7 Å². The highest BCUT2D eigenvalue weighted by atomic mass is 32.2. The fourth-order valence-electron chi connectivity index (χ4n) is 1.94. The van der Waals surface area contributed by atoms with Crippen molar-refractivity contribution >= 4 is 10.0 Å². The summed E-state index contributed by atoms with van der Waals surface area (Å²) < 4.78 is 40.3. The Morgan fingerprint density at radius 3 is 2.38 bits per heavy atom. The van der Waals surface area contributed by atoms with E-state index in [0.29, 0.717) is 12.0 Å². The number of hydrogen-bond acceptors (Lipinski definition) is 3. The molecule has 2 rings (SSSR count). The van der Waals surface area contributed by atoms with Crippen LogP contribution in [0.15, 0.2) is 53.4 Å². The third kappa shape index (κ3) is 4.10. The van der Waals surface area contributed by atoms with E-state index >= 15 is 0 Å². The van der Waals surface area contributed by atoms with E-state index in [4.69, 9.17) is 5.73 Å². The van der Waals surface area contributed by atoms with Gasteiger partial charge in [-0.3, -0.25) is 0 Å². The average molecular weight is 308 g/mol. The highest BCUT2D eigenvalue weighted by molar-refractivity contribution is 7.89. The minimum Gasteiger partial charge on any atom is -0.326 e. The molecule has 0 atom stereocenters. The van der Waals surface area contributed by atoms with Crippen LogP contribution in [-0.4, -0.2) is 15.0 Å². The van der Waals surface area contributed by atoms with E-state index in [0.717, 1.165) is 11.6 Å². The van der Waals surface area contributed by atoms with E-state index in [-0.39, 0.29) is 18.0 Å². The van der Waals surface area contributed by atoms with Crippen molar-refractivity contribution in [3.63, 3.8) is 0 Å². The van der Waals surface area contributed by atoms with E-state index < -0.39 is 15.8 Å². The highest BCUT2D eigenvalue weighted by Crippen LogP contribution is 2.15. The molecule has 0 spiro atoms. The van der Waals surface area contributed by atoms with Crippen LogP contribution in [0.3, 0.4) is 0 Å².